The number of nitrogens with zero attached hydrogens (tertiary/aromatic N) is 1. The number of carbonyl (C=O) groups excluding carboxylic acids is 2. The molecule has 0 spiro atoms. The smallest absolute Gasteiger partial charge is 0.387 e. The summed E-state index contributed by atoms with van der Waals surface area (Å²) in [5.41, 5.74) is 1.83. The van der Waals surface area contributed by atoms with Gasteiger partial charge in [0.05, 0.1) is 12.1 Å². The molecule has 7 heteroatoms. The fourth-order valence-corrected chi connectivity index (χ4v) is 3.73. The van der Waals surface area contributed by atoms with Crippen LogP contribution in [0.1, 0.15) is 49.8 Å². The maximum Gasteiger partial charge on any atom is 0.387 e. The van der Waals surface area contributed by atoms with E-state index in [1.165, 1.54) is 11.6 Å². The summed E-state index contributed by atoms with van der Waals surface area (Å²) in [4.78, 5) is 27.5. The summed E-state index contributed by atoms with van der Waals surface area (Å²) in [5, 5.41) is 2.70. The molecule has 0 aromatic heterocycles. The molecule has 166 valence electrons. The fraction of sp³-hybridized carbons (Fsp3) is 0.417. The van der Waals surface area contributed by atoms with Crippen molar-refractivity contribution in [1.82, 2.24) is 4.90 Å². The second kappa shape index (κ2) is 9.04. The number of halogens is 2. The van der Waals surface area contributed by atoms with E-state index in [0.29, 0.717) is 24.4 Å². The average Bonchev–Trinajstić information content (AvgIpc) is 2.69. The molecule has 2 aromatic rings. The number of para-hydroxylation sites is 1. The number of aryl methyl sites for hydroxylation is 1. The third-order valence-electron chi connectivity index (χ3n) is 5.90. The lowest BCUT2D eigenvalue weighted by molar-refractivity contribution is -0.154. The minimum absolute atomic E-state index is 0.102. The van der Waals surface area contributed by atoms with Gasteiger partial charge in [-0.1, -0.05) is 50.2 Å². The van der Waals surface area contributed by atoms with E-state index in [2.05, 4.69) is 23.9 Å². The Kier molecular flexibility index (Phi) is 6.62. The number of amides is 2. The largest absolute Gasteiger partial charge is 0.433 e. The van der Waals surface area contributed by atoms with Crippen molar-refractivity contribution in [2.45, 2.75) is 58.6 Å². The summed E-state index contributed by atoms with van der Waals surface area (Å²) in [7, 11) is 0. The summed E-state index contributed by atoms with van der Waals surface area (Å²) in [6.07, 6.45) is 0.694. The number of rotatable bonds is 7. The van der Waals surface area contributed by atoms with Gasteiger partial charge in [0.15, 0.2) is 0 Å². The van der Waals surface area contributed by atoms with Crippen molar-refractivity contribution in [2.24, 2.45) is 0 Å². The molecule has 0 saturated carbocycles. The number of alkyl halides is 2. The zero-order chi connectivity index (χ0) is 22.8. The Hall–Kier alpha value is -2.96. The van der Waals surface area contributed by atoms with E-state index >= 15 is 0 Å². The van der Waals surface area contributed by atoms with Crippen LogP contribution in [-0.4, -0.2) is 35.4 Å². The van der Waals surface area contributed by atoms with Crippen molar-refractivity contribution < 1.29 is 23.1 Å². The summed E-state index contributed by atoms with van der Waals surface area (Å²) in [6, 6.07) is 12.5. The lowest BCUT2D eigenvalue weighted by Gasteiger charge is -2.49. The first-order valence-corrected chi connectivity index (χ1v) is 10.4. The van der Waals surface area contributed by atoms with Crippen molar-refractivity contribution in [3.63, 3.8) is 0 Å². The second-order valence-corrected chi connectivity index (χ2v) is 8.42. The SMILES string of the molecule is Cc1cccc(OC(F)F)c1NC(=O)C1(C)CCN1C(=O)Cc1ccc(C(C)C)cc1. The molecule has 1 heterocycles. The minimum Gasteiger partial charge on any atom is -0.433 e. The Balaban J connectivity index is 1.71. The van der Waals surface area contributed by atoms with E-state index in [4.69, 9.17) is 0 Å². The van der Waals surface area contributed by atoms with Gasteiger partial charge in [-0.15, -0.1) is 0 Å². The number of likely N-dealkylation sites (tertiary alicyclic amines) is 1. The highest BCUT2D eigenvalue weighted by Gasteiger charge is 2.49. The van der Waals surface area contributed by atoms with Gasteiger partial charge in [0.2, 0.25) is 11.8 Å². The van der Waals surface area contributed by atoms with Crippen molar-refractivity contribution in [1.29, 1.82) is 0 Å². The van der Waals surface area contributed by atoms with Crippen LogP contribution in [0.4, 0.5) is 14.5 Å². The summed E-state index contributed by atoms with van der Waals surface area (Å²) < 4.78 is 30.0. The molecule has 0 radical (unpaired) electrons. The van der Waals surface area contributed by atoms with Gasteiger partial charge in [0.25, 0.3) is 0 Å². The number of ether oxygens (including phenoxy) is 1. The molecule has 1 unspecified atom stereocenters. The average molecular weight is 430 g/mol. The molecule has 1 atom stereocenters. The molecular weight excluding hydrogens is 402 g/mol. The maximum absolute atomic E-state index is 13.0. The molecule has 31 heavy (non-hydrogen) atoms. The molecule has 3 rings (SSSR count). The first-order chi connectivity index (χ1) is 14.6. The van der Waals surface area contributed by atoms with Crippen LogP contribution in [0.25, 0.3) is 0 Å². The van der Waals surface area contributed by atoms with Gasteiger partial charge in [-0.2, -0.15) is 8.78 Å². The Bertz CT molecular complexity index is 960. The van der Waals surface area contributed by atoms with Gasteiger partial charge in [-0.25, -0.2) is 0 Å². The fourth-order valence-electron chi connectivity index (χ4n) is 3.73. The number of nitrogens with one attached hydrogen (secondary N) is 1. The van der Waals surface area contributed by atoms with Gasteiger partial charge >= 0.3 is 6.61 Å². The molecule has 1 saturated heterocycles. The van der Waals surface area contributed by atoms with Crippen LogP contribution in [0, 0.1) is 6.92 Å². The predicted molar refractivity (Wildman–Crippen MR) is 115 cm³/mol. The second-order valence-electron chi connectivity index (χ2n) is 8.42. The van der Waals surface area contributed by atoms with Crippen molar-refractivity contribution in [2.75, 3.05) is 11.9 Å². The van der Waals surface area contributed by atoms with Gasteiger partial charge < -0.3 is 15.0 Å². The lowest BCUT2D eigenvalue weighted by Crippen LogP contribution is -2.66. The van der Waals surface area contributed by atoms with Crippen molar-refractivity contribution in [3.8, 4) is 5.75 Å². The lowest BCUT2D eigenvalue weighted by atomic mass is 9.84. The van der Waals surface area contributed by atoms with Crippen LogP contribution in [0.15, 0.2) is 42.5 Å². The molecule has 2 aromatic carbocycles. The predicted octanol–water partition coefficient (Wildman–Crippen LogP) is 4.89. The first kappa shape index (κ1) is 22.7. The third-order valence-corrected chi connectivity index (χ3v) is 5.90. The monoisotopic (exact) mass is 430 g/mol. The van der Waals surface area contributed by atoms with E-state index in [-0.39, 0.29) is 23.8 Å². The van der Waals surface area contributed by atoms with E-state index in [1.54, 1.807) is 30.9 Å². The third kappa shape index (κ3) is 4.86. The Labute approximate surface area is 181 Å². The van der Waals surface area contributed by atoms with Crippen LogP contribution in [0.2, 0.25) is 0 Å². The Morgan fingerprint density at radius 2 is 1.84 bits per heavy atom. The van der Waals surface area contributed by atoms with Crippen molar-refractivity contribution in [3.05, 3.63) is 59.2 Å². The van der Waals surface area contributed by atoms with Crippen LogP contribution in [-0.2, 0) is 16.0 Å². The van der Waals surface area contributed by atoms with Crippen LogP contribution >= 0.6 is 0 Å². The molecule has 2 amide bonds. The zero-order valence-electron chi connectivity index (χ0n) is 18.2. The van der Waals surface area contributed by atoms with E-state index in [9.17, 15) is 18.4 Å². The highest BCUT2D eigenvalue weighted by atomic mass is 19.3. The topological polar surface area (TPSA) is 58.6 Å². The van der Waals surface area contributed by atoms with Crippen LogP contribution in [0.3, 0.4) is 0 Å². The molecule has 1 aliphatic heterocycles. The normalized spacial score (nSPS) is 18.1. The van der Waals surface area contributed by atoms with Gasteiger partial charge in [0.1, 0.15) is 11.3 Å². The quantitative estimate of drug-likeness (QED) is 0.680. The zero-order valence-corrected chi connectivity index (χ0v) is 18.2. The number of hydrogen-bond acceptors (Lipinski definition) is 3. The van der Waals surface area contributed by atoms with Crippen molar-refractivity contribution >= 4 is 17.5 Å². The Morgan fingerprint density at radius 3 is 2.39 bits per heavy atom. The van der Waals surface area contributed by atoms with Gasteiger partial charge in [0, 0.05) is 6.54 Å². The number of hydrogen-bond donors (Lipinski definition) is 1. The van der Waals surface area contributed by atoms with E-state index < -0.39 is 18.1 Å². The molecule has 5 nitrogen and oxygen atoms in total. The highest BCUT2D eigenvalue weighted by Crippen LogP contribution is 2.35. The molecule has 0 aliphatic carbocycles. The maximum atomic E-state index is 13.0. The minimum atomic E-state index is -3.00. The number of anilines is 1. The Morgan fingerprint density at radius 1 is 1.16 bits per heavy atom. The van der Waals surface area contributed by atoms with E-state index in [1.807, 2.05) is 24.3 Å². The standard InChI is InChI=1S/C24H28F2N2O3/c1-15(2)18-10-8-17(9-11-18)14-20(29)28-13-12-24(28,4)22(30)27-21-16(3)6-5-7-19(21)31-23(25)26/h5-11,15,23H,12-14H2,1-4H3,(H,27,30). The first-order valence-electron chi connectivity index (χ1n) is 10.4. The molecule has 0 bridgehead atoms. The summed E-state index contributed by atoms with van der Waals surface area (Å²) >= 11 is 0. The molecular formula is C24H28F2N2O3. The number of carbonyl (C=O) groups is 2. The van der Waals surface area contributed by atoms with Crippen LogP contribution < -0.4 is 10.1 Å². The molecule has 1 aliphatic rings. The van der Waals surface area contributed by atoms with E-state index in [0.717, 1.165) is 5.56 Å². The highest BCUT2D eigenvalue weighted by molar-refractivity contribution is 6.02. The van der Waals surface area contributed by atoms with Crippen LogP contribution in [0.5, 0.6) is 5.75 Å². The van der Waals surface area contributed by atoms with Gasteiger partial charge in [-0.05, 0) is 48.9 Å². The van der Waals surface area contributed by atoms with Gasteiger partial charge in [-0.3, -0.25) is 9.59 Å². The molecule has 1 N–H and O–H groups in total. The summed E-state index contributed by atoms with van der Waals surface area (Å²) in [5.74, 6) is -0.257. The summed E-state index contributed by atoms with van der Waals surface area (Å²) in [6.45, 7) is 5.07. The number of benzene rings is 2. The molecule has 1 fully saturated rings.